The van der Waals surface area contributed by atoms with Crippen molar-refractivity contribution in [3.63, 3.8) is 0 Å². The molecule has 0 aromatic carbocycles. The molecular weight excluding hydrogens is 450 g/mol. The second kappa shape index (κ2) is 10.7. The number of aromatic amines is 1. The third-order valence-corrected chi connectivity index (χ3v) is 7.15. The van der Waals surface area contributed by atoms with Gasteiger partial charge < -0.3 is 39.9 Å². The molecule has 16 heteroatoms. The summed E-state index contributed by atoms with van der Waals surface area (Å²) < 4.78 is 22.5. The number of carbonyl (C=O) groups excluding carboxylic acids is 1. The van der Waals surface area contributed by atoms with Crippen molar-refractivity contribution in [3.05, 3.63) is 32.6 Å². The molecule has 168 valence electrons. The van der Waals surface area contributed by atoms with E-state index in [0.29, 0.717) is 4.57 Å². The van der Waals surface area contributed by atoms with E-state index in [-0.39, 0.29) is 6.29 Å². The normalized spacial score (nSPS) is 28.2. The number of rotatable bonds is 10. The predicted octanol–water partition coefficient (Wildman–Crippen LogP) is -3.38. The zero-order valence-electron chi connectivity index (χ0n) is 15.1. The van der Waals surface area contributed by atoms with E-state index in [4.69, 9.17) is 14.4 Å². The van der Waals surface area contributed by atoms with Crippen molar-refractivity contribution in [1.29, 1.82) is 0 Å². The summed E-state index contributed by atoms with van der Waals surface area (Å²) in [5.74, 6) is -1.83. The summed E-state index contributed by atoms with van der Waals surface area (Å²) in [4.78, 5) is 36.4. The molecule has 1 aromatic heterocycles. The van der Waals surface area contributed by atoms with Crippen LogP contribution in [-0.4, -0.2) is 96.1 Å². The Morgan fingerprint density at radius 3 is 2.53 bits per heavy atom. The van der Waals surface area contributed by atoms with Gasteiger partial charge in [0.05, 0.1) is 18.9 Å². The fourth-order valence-corrected chi connectivity index (χ4v) is 4.79. The quantitative estimate of drug-likeness (QED) is 0.131. The zero-order valence-corrected chi connectivity index (χ0v) is 16.9. The monoisotopic (exact) mass is 470 g/mol. The van der Waals surface area contributed by atoms with Crippen LogP contribution in [0.3, 0.4) is 0 Å². The van der Waals surface area contributed by atoms with Crippen LogP contribution in [0.2, 0.25) is 0 Å². The SMILES string of the molecule is O=Cc1cc(=O)[nH]c(=O)n1[C@@H]1O[C@H](CO[P@@](P=O)[C@@H](O)[C@@H](O)[C@H](O)CO)[C@@H](O)[C@H]1O. The summed E-state index contributed by atoms with van der Waals surface area (Å²) in [6, 6.07) is 0.792. The molecule has 7 N–H and O–H groups in total. The van der Waals surface area contributed by atoms with Crippen molar-refractivity contribution in [1.82, 2.24) is 9.55 Å². The molecule has 1 aliphatic rings. The summed E-state index contributed by atoms with van der Waals surface area (Å²) in [6.07, 6.45) is -9.65. The van der Waals surface area contributed by atoms with Gasteiger partial charge in [-0.25, -0.2) is 4.79 Å². The van der Waals surface area contributed by atoms with E-state index in [9.17, 15) is 44.5 Å². The summed E-state index contributed by atoms with van der Waals surface area (Å²) >= 11 is 0. The number of nitrogens with zero attached hydrogens (tertiary/aromatic N) is 1. The van der Waals surface area contributed by atoms with Crippen LogP contribution in [0, 0.1) is 0 Å². The third kappa shape index (κ3) is 5.24. The Labute approximate surface area is 170 Å². The van der Waals surface area contributed by atoms with E-state index in [1.165, 1.54) is 0 Å². The molecule has 1 saturated heterocycles. The van der Waals surface area contributed by atoms with Gasteiger partial charge in [0.25, 0.3) is 5.56 Å². The lowest BCUT2D eigenvalue weighted by atomic mass is 10.1. The average molecular weight is 470 g/mol. The van der Waals surface area contributed by atoms with Crippen molar-refractivity contribution in [3.8, 4) is 0 Å². The Hall–Kier alpha value is -1.44. The Kier molecular flexibility index (Phi) is 8.88. The van der Waals surface area contributed by atoms with E-state index in [1.807, 2.05) is 4.98 Å². The lowest BCUT2D eigenvalue weighted by Gasteiger charge is -2.25. The number of nitrogens with one attached hydrogen (secondary N) is 1. The second-order valence-corrected chi connectivity index (χ2v) is 9.46. The Morgan fingerprint density at radius 1 is 1.30 bits per heavy atom. The van der Waals surface area contributed by atoms with Crippen molar-refractivity contribution >= 4 is 22.3 Å². The minimum atomic E-state index is -2.33. The molecule has 14 nitrogen and oxygen atoms in total. The number of aliphatic hydroxyl groups excluding tert-OH is 6. The molecule has 0 spiro atoms. The van der Waals surface area contributed by atoms with E-state index < -0.39 is 88.7 Å². The molecule has 0 radical (unpaired) electrons. The molecule has 0 unspecified atom stereocenters. The maximum atomic E-state index is 12.0. The van der Waals surface area contributed by atoms with E-state index >= 15 is 0 Å². The van der Waals surface area contributed by atoms with Gasteiger partial charge in [0.2, 0.25) is 8.15 Å². The minimum absolute atomic E-state index is 0.183. The van der Waals surface area contributed by atoms with Crippen LogP contribution in [0.5, 0.6) is 0 Å². The van der Waals surface area contributed by atoms with Gasteiger partial charge in [0, 0.05) is 6.07 Å². The molecule has 0 aliphatic carbocycles. The molecule has 1 aliphatic heterocycles. The predicted molar refractivity (Wildman–Crippen MR) is 98.2 cm³/mol. The van der Waals surface area contributed by atoms with Crippen LogP contribution < -0.4 is 11.2 Å². The first-order valence-electron chi connectivity index (χ1n) is 8.39. The Morgan fingerprint density at radius 2 is 1.97 bits per heavy atom. The van der Waals surface area contributed by atoms with E-state index in [1.54, 1.807) is 0 Å². The van der Waals surface area contributed by atoms with E-state index in [0.717, 1.165) is 6.07 Å². The van der Waals surface area contributed by atoms with E-state index in [2.05, 4.69) is 0 Å². The van der Waals surface area contributed by atoms with Gasteiger partial charge in [-0.3, -0.25) is 23.7 Å². The molecule has 1 aromatic rings. The summed E-state index contributed by atoms with van der Waals surface area (Å²) in [7, 11) is -3.07. The maximum Gasteiger partial charge on any atom is 0.331 e. The summed E-state index contributed by atoms with van der Waals surface area (Å²) in [6.45, 7) is -1.44. The summed E-state index contributed by atoms with van der Waals surface area (Å²) in [5.41, 5.74) is -2.35. The van der Waals surface area contributed by atoms with Crippen LogP contribution in [0.15, 0.2) is 15.7 Å². The molecule has 2 rings (SSSR count). The lowest BCUT2D eigenvalue weighted by Crippen LogP contribution is -2.39. The molecule has 30 heavy (non-hydrogen) atoms. The minimum Gasteiger partial charge on any atom is -0.394 e. The zero-order chi connectivity index (χ0) is 22.6. The topological polar surface area (TPSA) is 229 Å². The van der Waals surface area contributed by atoms with Gasteiger partial charge >= 0.3 is 5.69 Å². The molecule has 0 amide bonds. The number of aldehydes is 1. The van der Waals surface area contributed by atoms with Gasteiger partial charge in [0.1, 0.15) is 36.4 Å². The summed E-state index contributed by atoms with van der Waals surface area (Å²) in [5, 5.41) is 58.2. The van der Waals surface area contributed by atoms with Gasteiger partial charge in [-0.05, 0) is 0 Å². The number of aromatic nitrogens is 2. The van der Waals surface area contributed by atoms with Gasteiger partial charge in [-0.15, -0.1) is 0 Å². The van der Waals surface area contributed by atoms with Crippen molar-refractivity contribution < 1.29 is 49.3 Å². The highest BCUT2D eigenvalue weighted by atomic mass is 32.0. The van der Waals surface area contributed by atoms with Crippen LogP contribution in [0.1, 0.15) is 16.7 Å². The largest absolute Gasteiger partial charge is 0.394 e. The van der Waals surface area contributed by atoms with Crippen LogP contribution in [-0.2, 0) is 13.8 Å². The molecule has 0 bridgehead atoms. The Balaban J connectivity index is 2.14. The Bertz CT molecular complexity index is 862. The molecule has 1 fully saturated rings. The first kappa shape index (κ1) is 24.8. The number of carbonyl (C=O) groups is 1. The molecule has 0 saturated carbocycles. The van der Waals surface area contributed by atoms with Gasteiger partial charge in [-0.1, -0.05) is 0 Å². The van der Waals surface area contributed by atoms with Crippen molar-refractivity contribution in [2.45, 2.75) is 42.6 Å². The second-order valence-electron chi connectivity index (χ2n) is 6.23. The molecule has 8 atom stereocenters. The number of hydrogen-bond donors (Lipinski definition) is 7. The lowest BCUT2D eigenvalue weighted by molar-refractivity contribution is -0.0592. The average Bonchev–Trinajstić information content (AvgIpc) is 3.00. The van der Waals surface area contributed by atoms with Crippen LogP contribution in [0.25, 0.3) is 0 Å². The van der Waals surface area contributed by atoms with Gasteiger partial charge in [-0.2, -0.15) is 0 Å². The van der Waals surface area contributed by atoms with Crippen LogP contribution in [0.4, 0.5) is 0 Å². The third-order valence-electron chi connectivity index (χ3n) is 4.28. The fraction of sp³-hybridized carbons (Fsp3) is 0.643. The smallest absolute Gasteiger partial charge is 0.331 e. The number of H-pyrrole nitrogens is 1. The van der Waals surface area contributed by atoms with Crippen molar-refractivity contribution in [2.24, 2.45) is 0 Å². The maximum absolute atomic E-state index is 12.0. The van der Waals surface area contributed by atoms with Crippen molar-refractivity contribution in [2.75, 3.05) is 13.2 Å². The highest BCUT2D eigenvalue weighted by molar-refractivity contribution is 8.14. The highest BCUT2D eigenvalue weighted by Crippen LogP contribution is 2.55. The number of ether oxygens (including phenoxy) is 1. The highest BCUT2D eigenvalue weighted by Gasteiger charge is 2.45. The molecular formula is C14H20N2O12P2. The first-order chi connectivity index (χ1) is 14.2. The molecule has 2 heterocycles. The standard InChI is InChI=1S/C14H20N2O12P2/c17-2-5-1-8(20)15-14(25)16(5)12-11(23)10(22)7(28-12)4-27-30(29-26)13(24)9(21)6(19)3-18/h1-2,6-7,9-13,18-19,21-24H,3-4H2,(H,15,20,25)/t6-,7-,9+,10-,11-,12-,13-,30+/m1/s1. The van der Waals surface area contributed by atoms with Gasteiger partial charge in [0.15, 0.2) is 20.4 Å². The van der Waals surface area contributed by atoms with Crippen LogP contribution >= 0.6 is 16.0 Å². The number of hydrogen-bond acceptors (Lipinski definition) is 12. The first-order valence-corrected chi connectivity index (χ1v) is 11.2. The number of aliphatic hydroxyl groups is 6. The fourth-order valence-electron chi connectivity index (χ4n) is 2.69.